The molecule has 2 amide bonds. The van der Waals surface area contributed by atoms with Gasteiger partial charge in [0.05, 0.1) is 0 Å². The maximum absolute atomic E-state index is 12.6. The molecule has 21 heavy (non-hydrogen) atoms. The zero-order valence-corrected chi connectivity index (χ0v) is 13.0. The number of hydrogen-bond acceptors (Lipinski definition) is 2. The second kappa shape index (κ2) is 5.72. The number of allylic oxidation sites excluding steroid dienone is 1. The van der Waals surface area contributed by atoms with Crippen LogP contribution in [0.15, 0.2) is 42.0 Å². The Morgan fingerprint density at radius 1 is 1.29 bits per heavy atom. The fourth-order valence-corrected chi connectivity index (χ4v) is 2.57. The molecule has 0 aliphatic carbocycles. The Morgan fingerprint density at radius 3 is 2.48 bits per heavy atom. The fourth-order valence-electron chi connectivity index (χ4n) is 2.57. The standard InChI is InChI=1S/C17H22N2O2/c1-12(2)10-11-19-15(20)13(3)18-16(21)17(19,4)14-8-6-5-7-9-14/h5-10,13H,11H2,1-4H3,(H,18,21). The topological polar surface area (TPSA) is 49.4 Å². The number of hydrogen-bond donors (Lipinski definition) is 1. The van der Waals surface area contributed by atoms with Gasteiger partial charge < -0.3 is 10.2 Å². The number of carbonyl (C=O) groups is 2. The molecule has 1 aromatic carbocycles. The molecule has 1 aliphatic rings. The highest BCUT2D eigenvalue weighted by Gasteiger charge is 2.48. The van der Waals surface area contributed by atoms with Crippen LogP contribution in [0.2, 0.25) is 0 Å². The van der Waals surface area contributed by atoms with Gasteiger partial charge in [-0.3, -0.25) is 9.59 Å². The van der Waals surface area contributed by atoms with Crippen molar-refractivity contribution in [2.75, 3.05) is 6.54 Å². The summed E-state index contributed by atoms with van der Waals surface area (Å²) >= 11 is 0. The molecule has 4 heteroatoms. The lowest BCUT2D eigenvalue weighted by Crippen LogP contribution is -2.67. The summed E-state index contributed by atoms with van der Waals surface area (Å²) in [5, 5.41) is 2.78. The maximum Gasteiger partial charge on any atom is 0.251 e. The Balaban J connectivity index is 2.49. The highest BCUT2D eigenvalue weighted by molar-refractivity contribution is 6.00. The number of piperazine rings is 1. The molecule has 0 saturated carbocycles. The summed E-state index contributed by atoms with van der Waals surface area (Å²) in [6, 6.07) is 8.96. The molecule has 4 nitrogen and oxygen atoms in total. The first-order chi connectivity index (χ1) is 9.87. The van der Waals surface area contributed by atoms with Crippen molar-refractivity contribution in [1.29, 1.82) is 0 Å². The second-order valence-electron chi connectivity index (χ2n) is 5.86. The van der Waals surface area contributed by atoms with Gasteiger partial charge in [-0.1, -0.05) is 42.0 Å². The van der Waals surface area contributed by atoms with Crippen LogP contribution in [0.4, 0.5) is 0 Å². The van der Waals surface area contributed by atoms with Crippen LogP contribution in [0.1, 0.15) is 33.3 Å². The van der Waals surface area contributed by atoms with Crippen molar-refractivity contribution in [2.45, 2.75) is 39.3 Å². The van der Waals surface area contributed by atoms with Crippen LogP contribution in [0.3, 0.4) is 0 Å². The third-order valence-corrected chi connectivity index (χ3v) is 3.98. The molecule has 0 radical (unpaired) electrons. The van der Waals surface area contributed by atoms with E-state index in [-0.39, 0.29) is 11.8 Å². The zero-order valence-electron chi connectivity index (χ0n) is 13.0. The summed E-state index contributed by atoms with van der Waals surface area (Å²) < 4.78 is 0. The van der Waals surface area contributed by atoms with Gasteiger partial charge in [0.15, 0.2) is 0 Å². The van der Waals surface area contributed by atoms with Crippen LogP contribution >= 0.6 is 0 Å². The highest BCUT2D eigenvalue weighted by Crippen LogP contribution is 2.32. The molecular weight excluding hydrogens is 264 g/mol. The number of rotatable bonds is 3. The van der Waals surface area contributed by atoms with Crippen molar-refractivity contribution in [3.8, 4) is 0 Å². The van der Waals surface area contributed by atoms with E-state index in [1.165, 1.54) is 0 Å². The molecular formula is C17H22N2O2. The molecule has 112 valence electrons. The van der Waals surface area contributed by atoms with Gasteiger partial charge in [-0.25, -0.2) is 0 Å². The van der Waals surface area contributed by atoms with Crippen molar-refractivity contribution in [2.24, 2.45) is 0 Å². The smallest absolute Gasteiger partial charge is 0.251 e. The van der Waals surface area contributed by atoms with Crippen molar-refractivity contribution in [3.63, 3.8) is 0 Å². The van der Waals surface area contributed by atoms with Gasteiger partial charge in [0.2, 0.25) is 5.91 Å². The molecule has 1 heterocycles. The van der Waals surface area contributed by atoms with Crippen LogP contribution in [0, 0.1) is 0 Å². The minimum absolute atomic E-state index is 0.0570. The average molecular weight is 286 g/mol. The van der Waals surface area contributed by atoms with Crippen molar-refractivity contribution in [1.82, 2.24) is 10.2 Å². The normalized spacial score (nSPS) is 25.5. The molecule has 2 unspecified atom stereocenters. The van der Waals surface area contributed by atoms with E-state index in [9.17, 15) is 9.59 Å². The average Bonchev–Trinajstić information content (AvgIpc) is 2.46. The number of nitrogens with zero attached hydrogens (tertiary/aromatic N) is 1. The largest absolute Gasteiger partial charge is 0.342 e. The molecule has 1 N–H and O–H groups in total. The van der Waals surface area contributed by atoms with E-state index in [0.29, 0.717) is 6.54 Å². The molecule has 0 aromatic heterocycles. The molecule has 2 atom stereocenters. The van der Waals surface area contributed by atoms with E-state index >= 15 is 0 Å². The molecule has 2 rings (SSSR count). The molecule has 0 bridgehead atoms. The van der Waals surface area contributed by atoms with Gasteiger partial charge >= 0.3 is 0 Å². The monoisotopic (exact) mass is 286 g/mol. The fraction of sp³-hybridized carbons (Fsp3) is 0.412. The number of amides is 2. The van der Waals surface area contributed by atoms with Gasteiger partial charge in [-0.05, 0) is 33.3 Å². The van der Waals surface area contributed by atoms with Crippen molar-refractivity contribution < 1.29 is 9.59 Å². The van der Waals surface area contributed by atoms with E-state index in [1.807, 2.05) is 50.3 Å². The first-order valence-electron chi connectivity index (χ1n) is 7.18. The highest BCUT2D eigenvalue weighted by atomic mass is 16.2. The van der Waals surface area contributed by atoms with Crippen molar-refractivity contribution >= 4 is 11.8 Å². The number of benzene rings is 1. The first kappa shape index (κ1) is 15.3. The zero-order chi connectivity index (χ0) is 15.6. The lowest BCUT2D eigenvalue weighted by atomic mass is 9.86. The third kappa shape index (κ3) is 2.71. The first-order valence-corrected chi connectivity index (χ1v) is 7.18. The Labute approximate surface area is 125 Å². The Kier molecular flexibility index (Phi) is 4.16. The summed E-state index contributed by atoms with van der Waals surface area (Å²) in [7, 11) is 0. The number of carbonyl (C=O) groups excluding carboxylic acids is 2. The molecule has 1 aliphatic heterocycles. The summed E-state index contributed by atoms with van der Waals surface area (Å²) in [6.45, 7) is 7.93. The van der Waals surface area contributed by atoms with Crippen LogP contribution < -0.4 is 5.32 Å². The van der Waals surface area contributed by atoms with Crippen LogP contribution in [0.25, 0.3) is 0 Å². The summed E-state index contributed by atoms with van der Waals surface area (Å²) in [4.78, 5) is 26.8. The summed E-state index contributed by atoms with van der Waals surface area (Å²) in [5.41, 5.74) is 0.971. The lowest BCUT2D eigenvalue weighted by Gasteiger charge is -2.45. The van der Waals surface area contributed by atoms with E-state index in [4.69, 9.17) is 0 Å². The van der Waals surface area contributed by atoms with E-state index < -0.39 is 11.6 Å². The summed E-state index contributed by atoms with van der Waals surface area (Å²) in [6.07, 6.45) is 1.98. The van der Waals surface area contributed by atoms with E-state index in [0.717, 1.165) is 11.1 Å². The third-order valence-electron chi connectivity index (χ3n) is 3.98. The predicted octanol–water partition coefficient (Wildman–Crippen LogP) is 2.21. The van der Waals surface area contributed by atoms with Gasteiger partial charge in [0.1, 0.15) is 11.6 Å². The SMILES string of the molecule is CC(C)=CCN1C(=O)C(C)NC(=O)C1(C)c1ccccc1. The molecule has 1 aromatic rings. The van der Waals surface area contributed by atoms with Crippen molar-refractivity contribution in [3.05, 3.63) is 47.5 Å². The predicted molar refractivity (Wildman–Crippen MR) is 82.5 cm³/mol. The van der Waals surface area contributed by atoms with Crippen LogP contribution in [-0.4, -0.2) is 29.3 Å². The molecule has 1 saturated heterocycles. The molecule has 0 spiro atoms. The van der Waals surface area contributed by atoms with Crippen LogP contribution in [0.5, 0.6) is 0 Å². The minimum Gasteiger partial charge on any atom is -0.342 e. The van der Waals surface area contributed by atoms with E-state index in [2.05, 4.69) is 5.32 Å². The second-order valence-corrected chi connectivity index (χ2v) is 5.86. The number of nitrogens with one attached hydrogen (secondary N) is 1. The summed E-state index contributed by atoms with van der Waals surface area (Å²) in [5.74, 6) is -0.193. The Morgan fingerprint density at radius 2 is 1.90 bits per heavy atom. The van der Waals surface area contributed by atoms with Gasteiger partial charge in [0.25, 0.3) is 5.91 Å². The quantitative estimate of drug-likeness (QED) is 0.866. The van der Waals surface area contributed by atoms with Gasteiger partial charge in [-0.2, -0.15) is 0 Å². The Hall–Kier alpha value is -2.10. The minimum atomic E-state index is -0.975. The lowest BCUT2D eigenvalue weighted by molar-refractivity contribution is -0.155. The van der Waals surface area contributed by atoms with E-state index in [1.54, 1.807) is 18.7 Å². The van der Waals surface area contributed by atoms with Gasteiger partial charge in [0, 0.05) is 6.54 Å². The maximum atomic E-state index is 12.6. The van der Waals surface area contributed by atoms with Gasteiger partial charge in [-0.15, -0.1) is 0 Å². The Bertz CT molecular complexity index is 576. The van der Waals surface area contributed by atoms with Crippen LogP contribution in [-0.2, 0) is 15.1 Å². The molecule has 1 fully saturated rings.